The van der Waals surface area contributed by atoms with Crippen molar-refractivity contribution in [1.82, 2.24) is 0 Å². The van der Waals surface area contributed by atoms with Gasteiger partial charge in [-0.15, -0.1) is 0 Å². The summed E-state index contributed by atoms with van der Waals surface area (Å²) in [6.45, 7) is 1.87. The fourth-order valence-electron chi connectivity index (χ4n) is 3.43. The number of rotatable bonds is 6. The summed E-state index contributed by atoms with van der Waals surface area (Å²) >= 11 is 12.2. The Morgan fingerprint density at radius 3 is 2.15 bits per heavy atom. The zero-order valence-corrected chi connectivity index (χ0v) is 19.1. The molecule has 0 unspecified atom stereocenters. The van der Waals surface area contributed by atoms with E-state index in [0.717, 1.165) is 11.1 Å². The maximum atomic E-state index is 13.1. The van der Waals surface area contributed by atoms with Crippen LogP contribution in [0.3, 0.4) is 0 Å². The topological polar surface area (TPSA) is 68.5 Å². The molecule has 0 bridgehead atoms. The van der Waals surface area contributed by atoms with Crippen LogP contribution in [-0.2, 0) is 4.74 Å². The van der Waals surface area contributed by atoms with Gasteiger partial charge in [-0.25, -0.2) is 4.79 Å². The average Bonchev–Trinajstić information content (AvgIpc) is 3.19. The van der Waals surface area contributed by atoms with Crippen LogP contribution in [0.2, 0.25) is 10.0 Å². The Morgan fingerprint density at radius 1 is 0.909 bits per heavy atom. The van der Waals surface area contributed by atoms with E-state index in [1.54, 1.807) is 13.0 Å². The predicted molar refractivity (Wildman–Crippen MR) is 130 cm³/mol. The van der Waals surface area contributed by atoms with Crippen LogP contribution < -0.4 is 5.32 Å². The molecule has 0 saturated heterocycles. The smallest absolute Gasteiger partial charge is 0.344 e. The van der Waals surface area contributed by atoms with E-state index >= 15 is 0 Å². The normalized spacial score (nSPS) is 10.6. The number of esters is 1. The number of furan rings is 1. The minimum absolute atomic E-state index is 0.0258. The first-order valence-electron chi connectivity index (χ1n) is 10.2. The molecule has 0 aliphatic rings. The maximum Gasteiger partial charge on any atom is 0.344 e. The van der Waals surface area contributed by atoms with Crippen molar-refractivity contribution in [2.75, 3.05) is 11.9 Å². The zero-order valence-electron chi connectivity index (χ0n) is 17.6. The quantitative estimate of drug-likeness (QED) is 0.293. The van der Waals surface area contributed by atoms with Gasteiger partial charge in [0, 0.05) is 16.1 Å². The molecule has 33 heavy (non-hydrogen) atoms. The van der Waals surface area contributed by atoms with Gasteiger partial charge in [-0.2, -0.15) is 0 Å². The molecule has 1 amide bonds. The van der Waals surface area contributed by atoms with E-state index in [-0.39, 0.29) is 28.6 Å². The van der Waals surface area contributed by atoms with Crippen molar-refractivity contribution in [2.24, 2.45) is 0 Å². The van der Waals surface area contributed by atoms with Crippen LogP contribution in [0.15, 0.2) is 83.3 Å². The van der Waals surface area contributed by atoms with E-state index in [2.05, 4.69) is 5.32 Å². The number of amides is 1. The monoisotopic (exact) mass is 479 g/mol. The number of nitrogens with one attached hydrogen (secondary N) is 1. The van der Waals surface area contributed by atoms with Gasteiger partial charge in [0.15, 0.2) is 0 Å². The molecule has 166 valence electrons. The molecular formula is C26H19Cl2NO4. The highest BCUT2D eigenvalue weighted by Gasteiger charge is 2.30. The Kier molecular flexibility index (Phi) is 6.82. The fourth-order valence-corrected chi connectivity index (χ4v) is 3.93. The summed E-state index contributed by atoms with van der Waals surface area (Å²) in [7, 11) is 0. The first-order chi connectivity index (χ1) is 16.0. The third-order valence-corrected chi connectivity index (χ3v) is 5.44. The van der Waals surface area contributed by atoms with E-state index < -0.39 is 11.9 Å². The van der Waals surface area contributed by atoms with Crippen LogP contribution in [0.4, 0.5) is 5.88 Å². The molecule has 5 nitrogen and oxygen atoms in total. The van der Waals surface area contributed by atoms with E-state index in [9.17, 15) is 9.59 Å². The number of benzene rings is 3. The summed E-state index contributed by atoms with van der Waals surface area (Å²) in [5.74, 6) is -0.750. The van der Waals surface area contributed by atoms with Crippen LogP contribution in [0.1, 0.15) is 27.6 Å². The van der Waals surface area contributed by atoms with Crippen LogP contribution >= 0.6 is 23.2 Å². The molecule has 1 aromatic heterocycles. The van der Waals surface area contributed by atoms with Gasteiger partial charge in [-0.1, -0.05) is 83.9 Å². The Labute approximate surface area is 200 Å². The first kappa shape index (κ1) is 22.6. The number of carbonyl (C=O) groups is 2. The van der Waals surface area contributed by atoms with Crippen molar-refractivity contribution >= 4 is 41.0 Å². The van der Waals surface area contributed by atoms with Gasteiger partial charge in [-0.05, 0) is 30.7 Å². The van der Waals surface area contributed by atoms with Gasteiger partial charge in [-0.3, -0.25) is 10.1 Å². The summed E-state index contributed by atoms with van der Waals surface area (Å²) in [6, 6.07) is 23.2. The molecule has 4 rings (SSSR count). The molecule has 0 aliphatic heterocycles. The van der Waals surface area contributed by atoms with Gasteiger partial charge in [0.05, 0.1) is 17.2 Å². The lowest BCUT2D eigenvalue weighted by atomic mass is 9.97. The van der Waals surface area contributed by atoms with Crippen molar-refractivity contribution in [3.8, 4) is 22.5 Å². The molecule has 0 fully saturated rings. The zero-order chi connectivity index (χ0) is 23.4. The average molecular weight is 480 g/mol. The SMILES string of the molecule is CCOC(=O)c1c(NC(=O)c2ccc(Cl)cc2Cl)oc(-c2ccccc2)c1-c1ccccc1. The largest absolute Gasteiger partial charge is 0.462 e. The molecule has 4 aromatic rings. The summed E-state index contributed by atoms with van der Waals surface area (Å²) in [5, 5.41) is 3.27. The summed E-state index contributed by atoms with van der Waals surface area (Å²) in [5.41, 5.74) is 2.33. The van der Waals surface area contributed by atoms with E-state index in [1.807, 2.05) is 60.7 Å². The van der Waals surface area contributed by atoms with E-state index in [4.69, 9.17) is 32.4 Å². The van der Waals surface area contributed by atoms with Crippen LogP contribution in [-0.4, -0.2) is 18.5 Å². The number of halogens is 2. The number of hydrogen-bond acceptors (Lipinski definition) is 4. The second-order valence-corrected chi connectivity index (χ2v) is 7.88. The van der Waals surface area contributed by atoms with Crippen molar-refractivity contribution in [2.45, 2.75) is 6.92 Å². The molecule has 3 aromatic carbocycles. The third-order valence-electron chi connectivity index (χ3n) is 4.89. The lowest BCUT2D eigenvalue weighted by Crippen LogP contribution is -2.15. The van der Waals surface area contributed by atoms with Crippen molar-refractivity contribution in [3.05, 3.63) is 100 Å². The molecular weight excluding hydrogens is 461 g/mol. The van der Waals surface area contributed by atoms with E-state index in [1.165, 1.54) is 12.1 Å². The highest BCUT2D eigenvalue weighted by Crippen LogP contribution is 2.42. The first-order valence-corrected chi connectivity index (χ1v) is 11.0. The minimum Gasteiger partial charge on any atom is -0.462 e. The lowest BCUT2D eigenvalue weighted by molar-refractivity contribution is 0.0528. The van der Waals surface area contributed by atoms with Gasteiger partial charge in [0.1, 0.15) is 11.3 Å². The number of anilines is 1. The number of carbonyl (C=O) groups excluding carboxylic acids is 2. The Morgan fingerprint density at radius 2 is 1.55 bits per heavy atom. The Balaban J connectivity index is 1.90. The molecule has 0 radical (unpaired) electrons. The summed E-state index contributed by atoms with van der Waals surface area (Å²) in [4.78, 5) is 26.1. The lowest BCUT2D eigenvalue weighted by Gasteiger charge is -2.08. The maximum absolute atomic E-state index is 13.1. The predicted octanol–water partition coefficient (Wildman–Crippen LogP) is 7.35. The standard InChI is InChI=1S/C26H19Cl2NO4/c1-2-32-26(31)22-21(16-9-5-3-6-10-16)23(17-11-7-4-8-12-17)33-25(22)29-24(30)19-14-13-18(27)15-20(19)28/h3-15H,2H2,1H3,(H,29,30). The third kappa shape index (κ3) is 4.80. The Hall–Kier alpha value is -3.54. The van der Waals surface area contributed by atoms with Crippen LogP contribution in [0.25, 0.3) is 22.5 Å². The van der Waals surface area contributed by atoms with Crippen molar-refractivity contribution in [1.29, 1.82) is 0 Å². The van der Waals surface area contributed by atoms with Crippen molar-refractivity contribution in [3.63, 3.8) is 0 Å². The second-order valence-electron chi connectivity index (χ2n) is 7.04. The summed E-state index contributed by atoms with van der Waals surface area (Å²) < 4.78 is 11.4. The molecule has 1 heterocycles. The van der Waals surface area contributed by atoms with Crippen LogP contribution in [0.5, 0.6) is 0 Å². The molecule has 0 atom stereocenters. The van der Waals surface area contributed by atoms with Gasteiger partial charge in [0.25, 0.3) is 5.91 Å². The molecule has 0 saturated carbocycles. The highest BCUT2D eigenvalue weighted by atomic mass is 35.5. The minimum atomic E-state index is -0.611. The van der Waals surface area contributed by atoms with Gasteiger partial charge in [0.2, 0.25) is 5.88 Å². The number of hydrogen-bond donors (Lipinski definition) is 1. The fraction of sp³-hybridized carbons (Fsp3) is 0.0769. The van der Waals surface area contributed by atoms with Crippen molar-refractivity contribution < 1.29 is 18.7 Å². The molecule has 0 spiro atoms. The molecule has 0 aliphatic carbocycles. The molecule has 1 N–H and O–H groups in total. The summed E-state index contributed by atoms with van der Waals surface area (Å²) in [6.07, 6.45) is 0. The van der Waals surface area contributed by atoms with Crippen LogP contribution in [0, 0.1) is 0 Å². The Bertz CT molecular complexity index is 1300. The highest BCUT2D eigenvalue weighted by molar-refractivity contribution is 6.37. The van der Waals surface area contributed by atoms with Gasteiger partial charge < -0.3 is 9.15 Å². The van der Waals surface area contributed by atoms with E-state index in [0.29, 0.717) is 16.3 Å². The van der Waals surface area contributed by atoms with Gasteiger partial charge >= 0.3 is 5.97 Å². The second kappa shape index (κ2) is 9.94. The number of ether oxygens (including phenoxy) is 1. The molecule has 7 heteroatoms.